The van der Waals surface area contributed by atoms with Gasteiger partial charge in [0.15, 0.2) is 0 Å². The Kier molecular flexibility index (Phi) is 4.64. The number of hydrogen-bond donors (Lipinski definition) is 1. The lowest BCUT2D eigenvalue weighted by Gasteiger charge is -2.32. The first-order valence-corrected chi connectivity index (χ1v) is 7.27. The van der Waals surface area contributed by atoms with E-state index in [-0.39, 0.29) is 0 Å². The molecule has 0 atom stereocenters. The molecule has 1 saturated carbocycles. The number of nitrogens with zero attached hydrogens (tertiary/aromatic N) is 1. The van der Waals surface area contributed by atoms with Crippen molar-refractivity contribution < 1.29 is 9.90 Å². The second-order valence-electron chi connectivity index (χ2n) is 5.05. The Labute approximate surface area is 122 Å². The molecule has 0 aromatic heterocycles. The first kappa shape index (κ1) is 14.1. The number of benzene rings is 1. The van der Waals surface area contributed by atoms with E-state index in [9.17, 15) is 4.79 Å². The van der Waals surface area contributed by atoms with E-state index in [1.807, 2.05) is 18.2 Å². The highest BCUT2D eigenvalue weighted by molar-refractivity contribution is 9.10. The molecule has 1 aromatic rings. The zero-order valence-corrected chi connectivity index (χ0v) is 12.6. The first-order valence-electron chi connectivity index (χ1n) is 6.48. The smallest absolute Gasteiger partial charge is 0.328 e. The van der Waals surface area contributed by atoms with Crippen LogP contribution in [0.5, 0.6) is 0 Å². The van der Waals surface area contributed by atoms with Crippen molar-refractivity contribution in [2.45, 2.75) is 19.3 Å². The largest absolute Gasteiger partial charge is 0.478 e. The maximum Gasteiger partial charge on any atom is 0.328 e. The van der Waals surface area contributed by atoms with Gasteiger partial charge in [0.2, 0.25) is 0 Å². The molecule has 0 aliphatic heterocycles. The van der Waals surface area contributed by atoms with Gasteiger partial charge in [-0.05, 0) is 42.5 Å². The second-order valence-corrected chi connectivity index (χ2v) is 5.97. The summed E-state index contributed by atoms with van der Waals surface area (Å²) in [5.41, 5.74) is 2.01. The van der Waals surface area contributed by atoms with Crippen LogP contribution in [0, 0.1) is 5.92 Å². The highest BCUT2D eigenvalue weighted by Gasteiger charge is 2.20. The highest BCUT2D eigenvalue weighted by Crippen LogP contribution is 2.31. The summed E-state index contributed by atoms with van der Waals surface area (Å²) < 4.78 is 1.01. The Bertz CT molecular complexity index is 495. The van der Waals surface area contributed by atoms with Crippen LogP contribution in [0.15, 0.2) is 28.7 Å². The minimum absolute atomic E-state index is 0.778. The molecule has 1 aromatic carbocycles. The molecular formula is C15H18BrNO2. The molecule has 0 bridgehead atoms. The molecular weight excluding hydrogens is 306 g/mol. The van der Waals surface area contributed by atoms with Gasteiger partial charge in [-0.25, -0.2) is 4.79 Å². The van der Waals surface area contributed by atoms with E-state index in [4.69, 9.17) is 5.11 Å². The lowest BCUT2D eigenvalue weighted by molar-refractivity contribution is -0.131. The number of carboxylic acids is 1. The fraction of sp³-hybridized carbons (Fsp3) is 0.400. The predicted octanol–water partition coefficient (Wildman–Crippen LogP) is 3.78. The lowest BCUT2D eigenvalue weighted by atomic mass is 9.85. The van der Waals surface area contributed by atoms with Gasteiger partial charge < -0.3 is 10.0 Å². The van der Waals surface area contributed by atoms with Gasteiger partial charge in [-0.3, -0.25) is 0 Å². The maximum atomic E-state index is 10.6. The Balaban J connectivity index is 2.20. The number of carboxylic acid groups (broad SMARTS) is 1. The Morgan fingerprint density at radius 2 is 2.26 bits per heavy atom. The van der Waals surface area contributed by atoms with Crippen LogP contribution in [0.25, 0.3) is 6.08 Å². The molecule has 0 radical (unpaired) electrons. The first-order chi connectivity index (χ1) is 9.06. The van der Waals surface area contributed by atoms with Crippen molar-refractivity contribution in [2.24, 2.45) is 5.92 Å². The van der Waals surface area contributed by atoms with Crippen molar-refractivity contribution in [1.29, 1.82) is 0 Å². The van der Waals surface area contributed by atoms with Gasteiger partial charge in [-0.15, -0.1) is 0 Å². The Hall–Kier alpha value is -1.29. The summed E-state index contributed by atoms with van der Waals surface area (Å²) >= 11 is 3.47. The molecule has 1 N–H and O–H groups in total. The van der Waals surface area contributed by atoms with Crippen molar-refractivity contribution >= 4 is 33.7 Å². The summed E-state index contributed by atoms with van der Waals surface area (Å²) in [7, 11) is 2.07. The van der Waals surface area contributed by atoms with Crippen LogP contribution < -0.4 is 4.90 Å². The van der Waals surface area contributed by atoms with Gasteiger partial charge in [0.1, 0.15) is 0 Å². The molecule has 0 amide bonds. The summed E-state index contributed by atoms with van der Waals surface area (Å²) in [6.07, 6.45) is 6.78. The average Bonchev–Trinajstić information content (AvgIpc) is 2.31. The van der Waals surface area contributed by atoms with Gasteiger partial charge in [0, 0.05) is 29.8 Å². The average molecular weight is 324 g/mol. The van der Waals surface area contributed by atoms with E-state index in [1.54, 1.807) is 6.08 Å². The molecule has 102 valence electrons. The third-order valence-corrected chi connectivity index (χ3v) is 4.06. The molecule has 1 fully saturated rings. The van der Waals surface area contributed by atoms with Crippen LogP contribution in [0.4, 0.5) is 5.69 Å². The van der Waals surface area contributed by atoms with Crippen LogP contribution in [0.2, 0.25) is 0 Å². The quantitative estimate of drug-likeness (QED) is 0.838. The van der Waals surface area contributed by atoms with Crippen molar-refractivity contribution in [2.75, 3.05) is 18.5 Å². The number of halogens is 1. The van der Waals surface area contributed by atoms with Gasteiger partial charge >= 0.3 is 5.97 Å². The van der Waals surface area contributed by atoms with Crippen LogP contribution in [-0.2, 0) is 4.79 Å². The van der Waals surface area contributed by atoms with Crippen molar-refractivity contribution in [3.63, 3.8) is 0 Å². The van der Waals surface area contributed by atoms with Gasteiger partial charge in [-0.2, -0.15) is 0 Å². The van der Waals surface area contributed by atoms with Crippen molar-refractivity contribution in [3.05, 3.63) is 34.3 Å². The van der Waals surface area contributed by atoms with Crippen LogP contribution >= 0.6 is 15.9 Å². The molecule has 1 aliphatic carbocycles. The number of anilines is 1. The molecule has 0 heterocycles. The fourth-order valence-corrected chi connectivity index (χ4v) is 2.66. The van der Waals surface area contributed by atoms with Gasteiger partial charge in [-0.1, -0.05) is 28.4 Å². The Morgan fingerprint density at radius 1 is 1.53 bits per heavy atom. The summed E-state index contributed by atoms with van der Waals surface area (Å²) in [5.74, 6) is -0.143. The van der Waals surface area contributed by atoms with E-state index < -0.39 is 5.97 Å². The zero-order chi connectivity index (χ0) is 13.8. The van der Waals surface area contributed by atoms with Gasteiger partial charge in [0.05, 0.1) is 0 Å². The summed E-state index contributed by atoms with van der Waals surface area (Å²) in [6.45, 7) is 1.03. The topological polar surface area (TPSA) is 40.5 Å². The standard InChI is InChI=1S/C15H18BrNO2/c1-17(10-11-3-2-4-11)14-9-13(16)7-5-12(14)6-8-15(18)19/h5-9,11H,2-4,10H2,1H3,(H,18,19). The molecule has 19 heavy (non-hydrogen) atoms. The molecule has 1 aliphatic rings. The van der Waals surface area contributed by atoms with E-state index in [0.717, 1.165) is 28.2 Å². The third-order valence-electron chi connectivity index (χ3n) is 3.57. The zero-order valence-electron chi connectivity index (χ0n) is 11.0. The number of rotatable bonds is 5. The van der Waals surface area contributed by atoms with Crippen molar-refractivity contribution in [3.8, 4) is 0 Å². The van der Waals surface area contributed by atoms with E-state index >= 15 is 0 Å². The van der Waals surface area contributed by atoms with E-state index in [0.29, 0.717) is 0 Å². The van der Waals surface area contributed by atoms with Crippen molar-refractivity contribution in [1.82, 2.24) is 0 Å². The minimum Gasteiger partial charge on any atom is -0.478 e. The molecule has 2 rings (SSSR count). The lowest BCUT2D eigenvalue weighted by Crippen LogP contribution is -2.29. The molecule has 3 nitrogen and oxygen atoms in total. The number of aliphatic carboxylic acids is 1. The molecule has 0 spiro atoms. The fourth-order valence-electron chi connectivity index (χ4n) is 2.31. The SMILES string of the molecule is CN(CC1CCC1)c1cc(Br)ccc1C=CC(=O)O. The molecule has 0 unspecified atom stereocenters. The minimum atomic E-state index is -0.921. The maximum absolute atomic E-state index is 10.6. The van der Waals surface area contributed by atoms with Gasteiger partial charge in [0.25, 0.3) is 0 Å². The van der Waals surface area contributed by atoms with E-state index in [2.05, 4.69) is 27.9 Å². The summed E-state index contributed by atoms with van der Waals surface area (Å²) in [5, 5.41) is 8.74. The predicted molar refractivity (Wildman–Crippen MR) is 81.4 cm³/mol. The van der Waals surface area contributed by atoms with Crippen LogP contribution in [0.3, 0.4) is 0 Å². The van der Waals surface area contributed by atoms with Crippen LogP contribution in [0.1, 0.15) is 24.8 Å². The third kappa shape index (κ3) is 3.83. The van der Waals surface area contributed by atoms with Crippen LogP contribution in [-0.4, -0.2) is 24.7 Å². The highest BCUT2D eigenvalue weighted by atomic mass is 79.9. The number of hydrogen-bond acceptors (Lipinski definition) is 2. The van der Waals surface area contributed by atoms with E-state index in [1.165, 1.54) is 25.3 Å². The monoisotopic (exact) mass is 323 g/mol. The summed E-state index contributed by atoms with van der Waals surface area (Å²) in [4.78, 5) is 12.9. The normalized spacial score (nSPS) is 15.5. The number of carbonyl (C=O) groups is 1. The molecule has 0 saturated heterocycles. The Morgan fingerprint density at radius 3 is 2.84 bits per heavy atom. The summed E-state index contributed by atoms with van der Waals surface area (Å²) in [6, 6.07) is 5.92. The molecule has 4 heteroatoms. The second kappa shape index (κ2) is 6.24.